The number of aromatic nitrogens is 3. The van der Waals surface area contributed by atoms with Gasteiger partial charge in [0.15, 0.2) is 6.61 Å². The molecule has 1 fully saturated rings. The number of carbonyl (C=O) groups excluding carboxylic acids is 3. The van der Waals surface area contributed by atoms with Gasteiger partial charge in [0, 0.05) is 84.8 Å². The molecule has 0 saturated carbocycles. The molecule has 2 aliphatic rings. The molecule has 12 nitrogen and oxygen atoms in total. The number of amides is 2. The van der Waals surface area contributed by atoms with Crippen molar-refractivity contribution in [3.05, 3.63) is 101 Å². The number of aliphatic hydroxyl groups is 1. The fourth-order valence-corrected chi connectivity index (χ4v) is 8.01. The fourth-order valence-electron chi connectivity index (χ4n) is 7.04. The number of hydrogen-bond acceptors (Lipinski definition) is 10. The van der Waals surface area contributed by atoms with Gasteiger partial charge >= 0.3 is 18.2 Å². The van der Waals surface area contributed by atoms with Crippen molar-refractivity contribution in [1.29, 1.82) is 0 Å². The molecule has 0 spiro atoms. The molecule has 4 aromatic rings. The predicted molar refractivity (Wildman–Crippen MR) is 202 cm³/mol. The van der Waals surface area contributed by atoms with E-state index in [9.17, 15) is 32.7 Å². The molecule has 1 atom stereocenters. The Morgan fingerprint density at radius 2 is 1.77 bits per heavy atom. The number of rotatable bonds is 14. The third-order valence-electron chi connectivity index (χ3n) is 9.83. The maximum atomic E-state index is 14.2. The summed E-state index contributed by atoms with van der Waals surface area (Å²) >= 11 is 0.940. The number of ether oxygens (including phenoxy) is 2. The van der Waals surface area contributed by atoms with Crippen LogP contribution in [0.15, 0.2) is 77.8 Å². The van der Waals surface area contributed by atoms with Gasteiger partial charge in [0.25, 0.3) is 5.91 Å². The highest BCUT2D eigenvalue weighted by Crippen LogP contribution is 2.40. The van der Waals surface area contributed by atoms with Gasteiger partial charge in [-0.25, -0.2) is 4.79 Å². The Labute approximate surface area is 327 Å². The standard InChI is InChI=1S/C40H45F3N6O6S/c1-27(50)54-26-37(52)48-19-14-35-32(24-48)38(46-49(35)23-31(51)22-47-17-12-29(13-18-47)34-9-5-6-15-44-34)30-10-11-33(40(41,42)43)36(21-30)56-20-16-45-39(53)55-25-28-7-3-2-4-8-28/h2-11,15,21,29,31,51H,12-14,16-20,22-26H2,1H3,(H,45,53). The van der Waals surface area contributed by atoms with Crippen LogP contribution in [-0.4, -0.2) is 98.8 Å². The van der Waals surface area contributed by atoms with E-state index in [1.165, 1.54) is 24.0 Å². The number of benzene rings is 2. The molecule has 0 aliphatic carbocycles. The molecule has 2 amide bonds. The van der Waals surface area contributed by atoms with Crippen LogP contribution in [0.5, 0.6) is 0 Å². The normalized spacial score (nSPS) is 15.6. The first kappa shape index (κ1) is 40.7. The number of fused-ring (bicyclic) bond motifs is 1. The summed E-state index contributed by atoms with van der Waals surface area (Å²) in [5.41, 5.74) is 3.27. The van der Waals surface area contributed by atoms with Crippen molar-refractivity contribution in [1.82, 2.24) is 29.9 Å². The molecule has 2 aliphatic heterocycles. The average Bonchev–Trinajstić information content (AvgIpc) is 3.55. The summed E-state index contributed by atoms with van der Waals surface area (Å²) in [6.07, 6.45) is -2.08. The van der Waals surface area contributed by atoms with Gasteiger partial charge in [-0.1, -0.05) is 42.5 Å². The first-order valence-electron chi connectivity index (χ1n) is 18.5. The average molecular weight is 795 g/mol. The number of esters is 1. The number of hydrogen-bond donors (Lipinski definition) is 2. The van der Waals surface area contributed by atoms with Crippen LogP contribution in [0.3, 0.4) is 0 Å². The molecule has 0 radical (unpaired) electrons. The molecular weight excluding hydrogens is 750 g/mol. The smallest absolute Gasteiger partial charge is 0.417 e. The molecular formula is C40H45F3N6O6S. The summed E-state index contributed by atoms with van der Waals surface area (Å²) in [6.45, 7) is 3.48. The Hall–Kier alpha value is -4.93. The van der Waals surface area contributed by atoms with Gasteiger partial charge in [-0.05, 0) is 55.8 Å². The second-order valence-corrected chi connectivity index (χ2v) is 15.0. The van der Waals surface area contributed by atoms with E-state index in [0.717, 1.165) is 60.7 Å². The van der Waals surface area contributed by atoms with Crippen LogP contribution in [0.4, 0.5) is 18.0 Å². The number of nitrogens with one attached hydrogen (secondary N) is 1. The van der Waals surface area contributed by atoms with Gasteiger partial charge in [-0.15, -0.1) is 11.8 Å². The van der Waals surface area contributed by atoms with Crippen LogP contribution in [0, 0.1) is 0 Å². The number of nitrogens with zero attached hydrogens (tertiary/aromatic N) is 5. The van der Waals surface area contributed by atoms with Crippen molar-refractivity contribution in [2.75, 3.05) is 45.1 Å². The number of alkyl halides is 3. The number of β-amino-alcohol motifs (C(OH)–C–C–N with tert-alkyl or cyclic N) is 1. The molecule has 2 aromatic heterocycles. The maximum Gasteiger partial charge on any atom is 0.417 e. The minimum Gasteiger partial charge on any atom is -0.456 e. The second kappa shape index (κ2) is 18.8. The van der Waals surface area contributed by atoms with E-state index in [4.69, 9.17) is 14.6 Å². The zero-order chi connectivity index (χ0) is 39.7. The monoisotopic (exact) mass is 794 g/mol. The maximum absolute atomic E-state index is 14.2. The quantitative estimate of drug-likeness (QED) is 0.0933. The van der Waals surface area contributed by atoms with Gasteiger partial charge in [0.05, 0.1) is 23.9 Å². The lowest BCUT2D eigenvalue weighted by Crippen LogP contribution is -2.41. The van der Waals surface area contributed by atoms with Crippen molar-refractivity contribution in [3.8, 4) is 11.3 Å². The second-order valence-electron chi connectivity index (χ2n) is 13.8. The lowest BCUT2D eigenvalue weighted by Gasteiger charge is -2.33. The van der Waals surface area contributed by atoms with E-state index >= 15 is 0 Å². The number of halogens is 3. The highest BCUT2D eigenvalue weighted by Gasteiger charge is 2.35. The van der Waals surface area contributed by atoms with Crippen LogP contribution in [0.1, 0.15) is 53.8 Å². The summed E-state index contributed by atoms with van der Waals surface area (Å²) in [5.74, 6) is -0.504. The minimum absolute atomic E-state index is 0.0505. The van der Waals surface area contributed by atoms with Crippen molar-refractivity contribution in [2.24, 2.45) is 0 Å². The van der Waals surface area contributed by atoms with Crippen molar-refractivity contribution in [2.45, 2.75) is 69.0 Å². The number of carbonyl (C=O) groups is 3. The molecule has 16 heteroatoms. The number of likely N-dealkylation sites (tertiary alicyclic amines) is 1. The minimum atomic E-state index is -4.64. The van der Waals surface area contributed by atoms with E-state index in [-0.39, 0.29) is 36.9 Å². The molecule has 1 saturated heterocycles. The van der Waals surface area contributed by atoms with Gasteiger partial charge in [-0.3, -0.25) is 19.3 Å². The van der Waals surface area contributed by atoms with E-state index in [1.54, 1.807) is 10.9 Å². The van der Waals surface area contributed by atoms with Crippen LogP contribution < -0.4 is 5.32 Å². The molecule has 6 rings (SSSR count). The molecule has 298 valence electrons. The first-order valence-corrected chi connectivity index (χ1v) is 19.5. The van der Waals surface area contributed by atoms with Gasteiger partial charge in [0.2, 0.25) is 0 Å². The number of pyridine rings is 1. The number of piperidine rings is 1. The summed E-state index contributed by atoms with van der Waals surface area (Å²) in [7, 11) is 0. The van der Waals surface area contributed by atoms with Crippen LogP contribution in [0.2, 0.25) is 0 Å². The van der Waals surface area contributed by atoms with E-state index in [1.807, 2.05) is 48.5 Å². The first-order chi connectivity index (χ1) is 26.9. The van der Waals surface area contributed by atoms with Crippen molar-refractivity contribution < 1.29 is 42.1 Å². The highest BCUT2D eigenvalue weighted by molar-refractivity contribution is 7.99. The highest BCUT2D eigenvalue weighted by atomic mass is 32.2. The lowest BCUT2D eigenvalue weighted by molar-refractivity contribution is -0.150. The fraction of sp³-hybridized carbons (Fsp3) is 0.425. The Morgan fingerprint density at radius 1 is 1.00 bits per heavy atom. The van der Waals surface area contributed by atoms with Crippen LogP contribution in [-0.2, 0) is 51.4 Å². The third kappa shape index (κ3) is 10.9. The number of alkyl carbamates (subject to hydrolysis) is 1. The molecule has 1 unspecified atom stereocenters. The molecule has 56 heavy (non-hydrogen) atoms. The summed E-state index contributed by atoms with van der Waals surface area (Å²) in [6, 6.07) is 18.8. The Bertz CT molecular complexity index is 1960. The largest absolute Gasteiger partial charge is 0.456 e. The molecule has 2 aromatic carbocycles. The lowest BCUT2D eigenvalue weighted by atomic mass is 9.93. The number of aliphatic hydroxyl groups excluding tert-OH is 1. The summed E-state index contributed by atoms with van der Waals surface area (Å²) in [4.78, 5) is 44.8. The zero-order valence-corrected chi connectivity index (χ0v) is 31.9. The Balaban J connectivity index is 1.17. The molecule has 2 N–H and O–H groups in total. The summed E-state index contributed by atoms with van der Waals surface area (Å²) < 4.78 is 54.6. The predicted octanol–water partition coefficient (Wildman–Crippen LogP) is 5.67. The zero-order valence-electron chi connectivity index (χ0n) is 31.0. The molecule has 4 heterocycles. The number of thioether (sulfide) groups is 1. The van der Waals surface area contributed by atoms with Crippen molar-refractivity contribution in [3.63, 3.8) is 0 Å². The Kier molecular flexibility index (Phi) is 13.7. The van der Waals surface area contributed by atoms with Crippen molar-refractivity contribution >= 4 is 29.7 Å². The van der Waals surface area contributed by atoms with E-state index in [0.29, 0.717) is 42.2 Å². The van der Waals surface area contributed by atoms with Gasteiger partial charge in [-0.2, -0.15) is 18.3 Å². The summed E-state index contributed by atoms with van der Waals surface area (Å²) in [5, 5.41) is 18.7. The van der Waals surface area contributed by atoms with E-state index < -0.39 is 42.4 Å². The van der Waals surface area contributed by atoms with Crippen LogP contribution in [0.25, 0.3) is 11.3 Å². The van der Waals surface area contributed by atoms with Crippen LogP contribution >= 0.6 is 11.8 Å². The topological polar surface area (TPSA) is 139 Å². The third-order valence-corrected chi connectivity index (χ3v) is 10.9. The SMILES string of the molecule is CC(=O)OCC(=O)N1CCc2c(c(-c3ccc(C(F)(F)F)c(SCCNC(=O)OCc4ccccc4)c3)nn2CC(O)CN2CCC(c3ccccn3)CC2)C1. The van der Waals surface area contributed by atoms with Gasteiger partial charge in [0.1, 0.15) is 6.61 Å². The molecule has 0 bridgehead atoms. The van der Waals surface area contributed by atoms with Gasteiger partial charge < -0.3 is 29.7 Å². The van der Waals surface area contributed by atoms with E-state index in [2.05, 4.69) is 15.2 Å². The Morgan fingerprint density at radius 3 is 2.48 bits per heavy atom.